The predicted octanol–water partition coefficient (Wildman–Crippen LogP) is -1.21. The molecule has 0 unspecified atom stereocenters. The van der Waals surface area contributed by atoms with Crippen LogP contribution >= 0.6 is 0 Å². The van der Waals surface area contributed by atoms with Crippen LogP contribution in [0.5, 0.6) is 0 Å². The number of nitrogens with zero attached hydrogens (tertiary/aromatic N) is 1. The van der Waals surface area contributed by atoms with Crippen LogP contribution in [0.4, 0.5) is 0 Å². The van der Waals surface area contributed by atoms with E-state index < -0.39 is 5.97 Å². The lowest BCUT2D eigenvalue weighted by Gasteiger charge is -1.94. The molecule has 0 aromatic heterocycles. The summed E-state index contributed by atoms with van der Waals surface area (Å²) in [7, 11) is 0. The first-order valence-corrected chi connectivity index (χ1v) is 2.95. The molecule has 0 spiro atoms. The Morgan fingerprint density at radius 1 is 1.73 bits per heavy atom. The van der Waals surface area contributed by atoms with Gasteiger partial charge in [0.25, 0.3) is 0 Å². The highest BCUT2D eigenvalue weighted by atomic mass is 16.5. The van der Waals surface area contributed by atoms with Crippen LogP contribution in [0.15, 0.2) is 5.10 Å². The zero-order valence-electron chi connectivity index (χ0n) is 6.03. The summed E-state index contributed by atoms with van der Waals surface area (Å²) in [4.78, 5) is 20.1. The van der Waals surface area contributed by atoms with Gasteiger partial charge in [0.2, 0.25) is 6.41 Å². The van der Waals surface area contributed by atoms with E-state index >= 15 is 0 Å². The number of hydrogen-bond acceptors (Lipinski definition) is 5. The van der Waals surface area contributed by atoms with Gasteiger partial charge < -0.3 is 4.74 Å². The van der Waals surface area contributed by atoms with Gasteiger partial charge in [-0.25, -0.2) is 10.3 Å². The second-order valence-electron chi connectivity index (χ2n) is 1.38. The standard InChI is InChI=1S/C5H9N3O3/c1-2-11-5(10)3-6-8-7-4-9/h3-4,8H,2H2,1H3,(H,7,9)/b6-3+. The Bertz CT molecular complexity index is 157. The van der Waals surface area contributed by atoms with Gasteiger partial charge in [-0.3, -0.25) is 10.2 Å². The van der Waals surface area contributed by atoms with Gasteiger partial charge in [0.15, 0.2) is 0 Å². The Labute approximate surface area is 63.6 Å². The van der Waals surface area contributed by atoms with Gasteiger partial charge in [-0.05, 0) is 6.92 Å². The van der Waals surface area contributed by atoms with Crippen LogP contribution in [-0.4, -0.2) is 25.2 Å². The van der Waals surface area contributed by atoms with E-state index in [1.54, 1.807) is 6.92 Å². The number of esters is 1. The molecule has 0 rings (SSSR count). The van der Waals surface area contributed by atoms with Crippen molar-refractivity contribution in [2.24, 2.45) is 5.10 Å². The topological polar surface area (TPSA) is 79.8 Å². The van der Waals surface area contributed by atoms with Crippen molar-refractivity contribution in [1.82, 2.24) is 11.0 Å². The summed E-state index contributed by atoms with van der Waals surface area (Å²) in [6.45, 7) is 1.98. The van der Waals surface area contributed by atoms with Crippen LogP contribution in [0, 0.1) is 0 Å². The molecule has 0 saturated carbocycles. The van der Waals surface area contributed by atoms with Crippen LogP contribution in [0.25, 0.3) is 0 Å². The maximum Gasteiger partial charge on any atom is 0.351 e. The highest BCUT2D eigenvalue weighted by molar-refractivity contribution is 6.23. The Morgan fingerprint density at radius 2 is 2.45 bits per heavy atom. The normalized spacial score (nSPS) is 9.18. The zero-order chi connectivity index (χ0) is 8.53. The molecule has 1 amide bonds. The Morgan fingerprint density at radius 3 is 3.00 bits per heavy atom. The number of carbonyl (C=O) groups is 2. The van der Waals surface area contributed by atoms with Crippen LogP contribution < -0.4 is 11.0 Å². The summed E-state index contributed by atoms with van der Waals surface area (Å²) in [6.07, 6.45) is 1.31. The van der Waals surface area contributed by atoms with Gasteiger partial charge in [-0.15, -0.1) is 0 Å². The molecule has 0 heterocycles. The van der Waals surface area contributed by atoms with Crippen LogP contribution in [-0.2, 0) is 14.3 Å². The van der Waals surface area contributed by atoms with E-state index in [4.69, 9.17) is 0 Å². The fourth-order valence-electron chi connectivity index (χ4n) is 0.328. The Balaban J connectivity index is 3.39. The second kappa shape index (κ2) is 6.53. The first kappa shape index (κ1) is 9.41. The molecule has 11 heavy (non-hydrogen) atoms. The number of hydrazine groups is 1. The molecule has 0 atom stereocenters. The first-order valence-electron chi connectivity index (χ1n) is 2.95. The predicted molar refractivity (Wildman–Crippen MR) is 37.5 cm³/mol. The molecule has 0 aliphatic heterocycles. The van der Waals surface area contributed by atoms with Gasteiger partial charge in [-0.2, -0.15) is 5.10 Å². The summed E-state index contributed by atoms with van der Waals surface area (Å²) in [5.74, 6) is -0.562. The van der Waals surface area contributed by atoms with Gasteiger partial charge in [-0.1, -0.05) is 0 Å². The first-order chi connectivity index (χ1) is 5.31. The molecule has 62 valence electrons. The van der Waals surface area contributed by atoms with Crippen molar-refractivity contribution in [3.05, 3.63) is 0 Å². The van der Waals surface area contributed by atoms with Crippen molar-refractivity contribution in [2.75, 3.05) is 6.61 Å². The third-order valence-corrected chi connectivity index (χ3v) is 0.645. The summed E-state index contributed by atoms with van der Waals surface area (Å²) in [5.41, 5.74) is 4.08. The zero-order valence-corrected chi connectivity index (χ0v) is 6.03. The summed E-state index contributed by atoms with van der Waals surface area (Å²) in [5, 5.41) is 3.29. The minimum atomic E-state index is -0.562. The van der Waals surface area contributed by atoms with Crippen LogP contribution in [0.2, 0.25) is 0 Å². The largest absolute Gasteiger partial charge is 0.462 e. The number of amides is 1. The van der Waals surface area contributed by atoms with Crippen molar-refractivity contribution in [2.45, 2.75) is 6.92 Å². The molecule has 0 saturated heterocycles. The average Bonchev–Trinajstić information content (AvgIpc) is 1.99. The van der Waals surface area contributed by atoms with Crippen LogP contribution in [0.3, 0.4) is 0 Å². The molecule has 0 aliphatic rings. The minimum absolute atomic E-state index is 0.298. The molecular weight excluding hydrogens is 150 g/mol. The van der Waals surface area contributed by atoms with Crippen molar-refractivity contribution >= 4 is 18.6 Å². The van der Waals surface area contributed by atoms with E-state index in [1.165, 1.54) is 0 Å². The van der Waals surface area contributed by atoms with E-state index in [2.05, 4.69) is 15.4 Å². The van der Waals surface area contributed by atoms with Crippen LogP contribution in [0.1, 0.15) is 6.92 Å². The number of carbonyl (C=O) groups excluding carboxylic acids is 2. The lowest BCUT2D eigenvalue weighted by Crippen LogP contribution is -2.25. The van der Waals surface area contributed by atoms with E-state index in [9.17, 15) is 9.59 Å². The molecule has 0 aliphatic carbocycles. The van der Waals surface area contributed by atoms with Crippen molar-refractivity contribution in [1.29, 1.82) is 0 Å². The lowest BCUT2D eigenvalue weighted by atomic mass is 10.7. The number of hydrogen-bond donors (Lipinski definition) is 2. The minimum Gasteiger partial charge on any atom is -0.462 e. The lowest BCUT2D eigenvalue weighted by molar-refractivity contribution is -0.134. The quantitative estimate of drug-likeness (QED) is 0.173. The van der Waals surface area contributed by atoms with Crippen molar-refractivity contribution < 1.29 is 14.3 Å². The molecule has 0 bridgehead atoms. The van der Waals surface area contributed by atoms with Gasteiger partial charge >= 0.3 is 5.97 Å². The molecule has 0 radical (unpaired) electrons. The third-order valence-electron chi connectivity index (χ3n) is 0.645. The molecule has 2 N–H and O–H groups in total. The van der Waals surface area contributed by atoms with E-state index in [0.29, 0.717) is 13.0 Å². The van der Waals surface area contributed by atoms with Gasteiger partial charge in [0.05, 0.1) is 6.61 Å². The van der Waals surface area contributed by atoms with Gasteiger partial charge in [0, 0.05) is 0 Å². The molecule has 0 aromatic carbocycles. The second-order valence-corrected chi connectivity index (χ2v) is 1.38. The Kier molecular flexibility index (Phi) is 5.59. The highest BCUT2D eigenvalue weighted by Crippen LogP contribution is 1.70. The average molecular weight is 159 g/mol. The smallest absolute Gasteiger partial charge is 0.351 e. The third kappa shape index (κ3) is 6.29. The maximum atomic E-state index is 10.5. The van der Waals surface area contributed by atoms with E-state index in [-0.39, 0.29) is 0 Å². The SMILES string of the molecule is CCOC(=O)/C=N/NNC=O. The highest BCUT2D eigenvalue weighted by Gasteiger charge is 1.92. The van der Waals surface area contributed by atoms with Gasteiger partial charge in [0.1, 0.15) is 6.21 Å². The summed E-state index contributed by atoms with van der Waals surface area (Å²) < 4.78 is 4.48. The van der Waals surface area contributed by atoms with Crippen molar-refractivity contribution in [3.8, 4) is 0 Å². The Hall–Kier alpha value is -1.59. The van der Waals surface area contributed by atoms with E-state index in [1.807, 2.05) is 5.43 Å². The number of ether oxygens (including phenoxy) is 1. The monoisotopic (exact) mass is 159 g/mol. The summed E-state index contributed by atoms with van der Waals surface area (Å²) >= 11 is 0. The van der Waals surface area contributed by atoms with Crippen molar-refractivity contribution in [3.63, 3.8) is 0 Å². The van der Waals surface area contributed by atoms with E-state index in [0.717, 1.165) is 6.21 Å². The molecule has 0 fully saturated rings. The summed E-state index contributed by atoms with van der Waals surface area (Å²) in [6, 6.07) is 0. The molecular formula is C5H9N3O3. The maximum absolute atomic E-state index is 10.5. The molecule has 0 aromatic rings. The number of rotatable bonds is 5. The number of hydrazone groups is 1. The fraction of sp³-hybridized carbons (Fsp3) is 0.400. The molecule has 6 nitrogen and oxygen atoms in total. The number of nitrogens with one attached hydrogen (secondary N) is 2. The molecule has 6 heteroatoms. The fourth-order valence-corrected chi connectivity index (χ4v) is 0.328.